The van der Waals surface area contributed by atoms with Gasteiger partial charge in [0.05, 0.1) is 0 Å². The Hall–Kier alpha value is -1.35. The molecule has 3 heteroatoms. The van der Waals surface area contributed by atoms with E-state index >= 15 is 0 Å². The smallest absolute Gasteiger partial charge is 0.137 e. The molecule has 3 nitrogen and oxygen atoms in total. The highest BCUT2D eigenvalue weighted by atomic mass is 15.1. The molecule has 2 aromatic heterocycles. The summed E-state index contributed by atoms with van der Waals surface area (Å²) >= 11 is 0. The van der Waals surface area contributed by atoms with Crippen LogP contribution in [0.25, 0.3) is 11.0 Å². The zero-order chi connectivity index (χ0) is 12.1. The number of aryl methyl sites for hydroxylation is 1. The Labute approximate surface area is 97.5 Å². The fraction of sp³-hybridized carbons (Fsp3) is 0.462. The molecule has 0 aliphatic heterocycles. The van der Waals surface area contributed by atoms with Crippen LogP contribution >= 0.6 is 0 Å². The summed E-state index contributed by atoms with van der Waals surface area (Å²) in [4.78, 5) is 9.65. The van der Waals surface area contributed by atoms with E-state index in [1.807, 2.05) is 26.2 Å². The van der Waals surface area contributed by atoms with Crippen LogP contribution < -0.4 is 0 Å². The lowest BCUT2D eigenvalue weighted by Gasteiger charge is -2.08. The molecule has 0 saturated heterocycles. The number of rotatable bonds is 2. The van der Waals surface area contributed by atoms with Gasteiger partial charge in [0.15, 0.2) is 0 Å². The molecule has 0 spiro atoms. The molecule has 0 unspecified atom stereocenters. The van der Waals surface area contributed by atoms with E-state index in [1.165, 1.54) is 16.5 Å². The molecule has 88 valence electrons. The van der Waals surface area contributed by atoms with Gasteiger partial charge in [-0.1, -0.05) is 13.8 Å². The third-order valence-electron chi connectivity index (χ3n) is 2.35. The standard InChI is InChI=1S/C11H15N3.C2H6/c1-8-4-5-12-11-10(8)9(6-13-11)7-14(2)3;1-2/h4-6H,7H2,1-3H3,(H,12,13);1-2H3. The van der Waals surface area contributed by atoms with Crippen molar-refractivity contribution < 1.29 is 0 Å². The number of nitrogens with one attached hydrogen (secondary N) is 1. The van der Waals surface area contributed by atoms with Gasteiger partial charge in [0, 0.05) is 24.3 Å². The van der Waals surface area contributed by atoms with Crippen LogP contribution in [-0.4, -0.2) is 29.0 Å². The highest BCUT2D eigenvalue weighted by molar-refractivity contribution is 5.83. The van der Waals surface area contributed by atoms with Crippen molar-refractivity contribution in [2.75, 3.05) is 14.1 Å². The Bertz CT molecular complexity index is 443. The minimum absolute atomic E-state index is 0.951. The van der Waals surface area contributed by atoms with Crippen molar-refractivity contribution in [2.45, 2.75) is 27.3 Å². The zero-order valence-electron chi connectivity index (χ0n) is 10.8. The van der Waals surface area contributed by atoms with Crippen LogP contribution in [0.3, 0.4) is 0 Å². The zero-order valence-corrected chi connectivity index (χ0v) is 10.8. The number of nitrogens with zero attached hydrogens (tertiary/aromatic N) is 2. The molecule has 0 atom stereocenters. The van der Waals surface area contributed by atoms with E-state index in [-0.39, 0.29) is 0 Å². The molecule has 2 heterocycles. The number of aromatic nitrogens is 2. The van der Waals surface area contributed by atoms with Crippen LogP contribution in [0.5, 0.6) is 0 Å². The Kier molecular flexibility index (Phi) is 4.50. The number of H-pyrrole nitrogens is 1. The molecule has 0 aliphatic rings. The highest BCUT2D eigenvalue weighted by Gasteiger charge is 2.07. The minimum atomic E-state index is 0.951. The molecule has 0 aromatic carbocycles. The quantitative estimate of drug-likeness (QED) is 0.842. The minimum Gasteiger partial charge on any atom is -0.346 e. The first-order valence-electron chi connectivity index (χ1n) is 5.75. The summed E-state index contributed by atoms with van der Waals surface area (Å²) in [5, 5.41) is 1.27. The van der Waals surface area contributed by atoms with Crippen molar-refractivity contribution >= 4 is 11.0 Å². The van der Waals surface area contributed by atoms with Gasteiger partial charge in [0.25, 0.3) is 0 Å². The first-order chi connectivity index (χ1) is 7.68. The number of pyridine rings is 1. The molecule has 0 amide bonds. The topological polar surface area (TPSA) is 31.9 Å². The fourth-order valence-corrected chi connectivity index (χ4v) is 1.77. The van der Waals surface area contributed by atoms with Gasteiger partial charge in [-0.3, -0.25) is 0 Å². The lowest BCUT2D eigenvalue weighted by molar-refractivity contribution is 0.404. The molecule has 2 rings (SSSR count). The van der Waals surface area contributed by atoms with Crippen molar-refractivity contribution in [3.63, 3.8) is 0 Å². The number of hydrogen-bond acceptors (Lipinski definition) is 2. The van der Waals surface area contributed by atoms with Crippen molar-refractivity contribution in [2.24, 2.45) is 0 Å². The normalized spacial score (nSPS) is 10.4. The van der Waals surface area contributed by atoms with E-state index in [4.69, 9.17) is 0 Å². The van der Waals surface area contributed by atoms with Crippen molar-refractivity contribution in [3.05, 3.63) is 29.6 Å². The third-order valence-corrected chi connectivity index (χ3v) is 2.35. The summed E-state index contributed by atoms with van der Waals surface area (Å²) in [5.74, 6) is 0. The maximum atomic E-state index is 4.30. The lowest BCUT2D eigenvalue weighted by atomic mass is 10.1. The number of fused-ring (bicyclic) bond motifs is 1. The van der Waals surface area contributed by atoms with Crippen molar-refractivity contribution in [3.8, 4) is 0 Å². The van der Waals surface area contributed by atoms with Crippen LogP contribution in [0.4, 0.5) is 0 Å². The molecule has 0 bridgehead atoms. The first-order valence-corrected chi connectivity index (χ1v) is 5.75. The Morgan fingerprint density at radius 2 is 2.00 bits per heavy atom. The van der Waals surface area contributed by atoms with Crippen molar-refractivity contribution in [1.29, 1.82) is 0 Å². The SMILES string of the molecule is CC.Cc1ccnc2[nH]cc(CN(C)C)c12. The second-order valence-corrected chi connectivity index (χ2v) is 3.90. The Balaban J connectivity index is 0.000000606. The van der Waals surface area contributed by atoms with Gasteiger partial charge in [-0.2, -0.15) is 0 Å². The summed E-state index contributed by atoms with van der Waals surface area (Å²) < 4.78 is 0. The van der Waals surface area contributed by atoms with E-state index in [9.17, 15) is 0 Å². The largest absolute Gasteiger partial charge is 0.346 e. The van der Waals surface area contributed by atoms with Crippen LogP contribution in [0.15, 0.2) is 18.5 Å². The van der Waals surface area contributed by atoms with Gasteiger partial charge >= 0.3 is 0 Å². The lowest BCUT2D eigenvalue weighted by Crippen LogP contribution is -2.10. The third kappa shape index (κ3) is 2.61. The van der Waals surface area contributed by atoms with Crippen LogP contribution in [0.1, 0.15) is 25.0 Å². The monoisotopic (exact) mass is 219 g/mol. The summed E-state index contributed by atoms with van der Waals surface area (Å²) in [6.45, 7) is 7.07. The van der Waals surface area contributed by atoms with Gasteiger partial charge in [0.2, 0.25) is 0 Å². The van der Waals surface area contributed by atoms with Crippen LogP contribution in [0.2, 0.25) is 0 Å². The first kappa shape index (κ1) is 12.7. The maximum absolute atomic E-state index is 4.30. The van der Waals surface area contributed by atoms with E-state index < -0.39 is 0 Å². The maximum Gasteiger partial charge on any atom is 0.137 e. The molecule has 0 aliphatic carbocycles. The molecule has 2 aromatic rings. The number of hydrogen-bond donors (Lipinski definition) is 1. The molecule has 1 N–H and O–H groups in total. The van der Waals surface area contributed by atoms with Crippen LogP contribution in [-0.2, 0) is 6.54 Å². The Morgan fingerprint density at radius 1 is 1.31 bits per heavy atom. The van der Waals surface area contributed by atoms with E-state index in [1.54, 1.807) is 0 Å². The molecular formula is C13H21N3. The summed E-state index contributed by atoms with van der Waals surface area (Å²) in [5.41, 5.74) is 3.59. The van der Waals surface area contributed by atoms with Crippen LogP contribution in [0, 0.1) is 6.92 Å². The molecule has 16 heavy (non-hydrogen) atoms. The average molecular weight is 219 g/mol. The molecule has 0 saturated carbocycles. The second kappa shape index (κ2) is 5.66. The van der Waals surface area contributed by atoms with E-state index in [0.29, 0.717) is 0 Å². The van der Waals surface area contributed by atoms with Gasteiger partial charge in [-0.25, -0.2) is 4.98 Å². The average Bonchev–Trinajstić information content (AvgIpc) is 2.65. The predicted molar refractivity (Wildman–Crippen MR) is 69.6 cm³/mol. The number of aromatic amines is 1. The molecule has 0 radical (unpaired) electrons. The summed E-state index contributed by atoms with van der Waals surface area (Å²) in [7, 11) is 4.15. The van der Waals surface area contributed by atoms with E-state index in [0.717, 1.165) is 12.2 Å². The highest BCUT2D eigenvalue weighted by Crippen LogP contribution is 2.20. The van der Waals surface area contributed by atoms with Crippen molar-refractivity contribution in [1.82, 2.24) is 14.9 Å². The second-order valence-electron chi connectivity index (χ2n) is 3.90. The van der Waals surface area contributed by atoms with Gasteiger partial charge in [0.1, 0.15) is 5.65 Å². The van der Waals surface area contributed by atoms with Gasteiger partial charge < -0.3 is 9.88 Å². The van der Waals surface area contributed by atoms with Gasteiger partial charge in [-0.05, 0) is 38.2 Å². The molecule has 0 fully saturated rings. The van der Waals surface area contributed by atoms with Gasteiger partial charge in [-0.15, -0.1) is 0 Å². The fourth-order valence-electron chi connectivity index (χ4n) is 1.77. The Morgan fingerprint density at radius 3 is 2.62 bits per heavy atom. The molecular weight excluding hydrogens is 198 g/mol. The summed E-state index contributed by atoms with van der Waals surface area (Å²) in [6, 6.07) is 2.05. The predicted octanol–water partition coefficient (Wildman–Crippen LogP) is 2.96. The summed E-state index contributed by atoms with van der Waals surface area (Å²) in [6.07, 6.45) is 3.89. The van der Waals surface area contributed by atoms with E-state index in [2.05, 4.69) is 42.0 Å².